The maximum Gasteiger partial charge on any atom is 0.407 e. The van der Waals surface area contributed by atoms with Gasteiger partial charge in [0.05, 0.1) is 18.8 Å². The number of aliphatic hydroxyl groups is 2. The number of carbonyl (C=O) groups excluding carboxylic acids is 1. The number of hydrogen-bond acceptors (Lipinski definition) is 5. The molecule has 1 aliphatic rings. The van der Waals surface area contributed by atoms with Gasteiger partial charge >= 0.3 is 6.09 Å². The van der Waals surface area contributed by atoms with Crippen molar-refractivity contribution in [3.05, 3.63) is 0 Å². The lowest BCUT2D eigenvalue weighted by molar-refractivity contribution is 0.0503. The minimum absolute atomic E-state index is 0.0945. The standard InChI is InChI=1S/C16H32N2O4/c1-5-16(10-19,11-20)18-13-8-6-7-12(13)9-17-14(21)22-15(2,3)4/h12-13,18-20H,5-11H2,1-4H3,(H,17,21). The summed E-state index contributed by atoms with van der Waals surface area (Å²) in [6.07, 6.45) is 3.34. The van der Waals surface area contributed by atoms with Crippen LogP contribution in [0.2, 0.25) is 0 Å². The lowest BCUT2D eigenvalue weighted by Gasteiger charge is -2.35. The van der Waals surface area contributed by atoms with Crippen molar-refractivity contribution in [2.75, 3.05) is 19.8 Å². The molecule has 130 valence electrons. The molecule has 0 heterocycles. The molecule has 0 saturated heterocycles. The summed E-state index contributed by atoms with van der Waals surface area (Å²) in [6, 6.07) is 0.189. The van der Waals surface area contributed by atoms with Crippen molar-refractivity contribution in [1.82, 2.24) is 10.6 Å². The zero-order valence-electron chi connectivity index (χ0n) is 14.3. The van der Waals surface area contributed by atoms with E-state index in [0.29, 0.717) is 13.0 Å². The molecule has 0 aromatic rings. The molecule has 1 amide bonds. The Morgan fingerprint density at radius 2 is 1.86 bits per heavy atom. The summed E-state index contributed by atoms with van der Waals surface area (Å²) in [5, 5.41) is 25.3. The Bertz CT molecular complexity index is 342. The highest BCUT2D eigenvalue weighted by Crippen LogP contribution is 2.27. The van der Waals surface area contributed by atoms with Crippen molar-refractivity contribution in [3.8, 4) is 0 Å². The Kier molecular flexibility index (Phi) is 7.09. The summed E-state index contributed by atoms with van der Waals surface area (Å²) in [4.78, 5) is 11.7. The third-order valence-electron chi connectivity index (χ3n) is 4.34. The van der Waals surface area contributed by atoms with Crippen molar-refractivity contribution in [2.24, 2.45) is 5.92 Å². The fraction of sp³-hybridized carbons (Fsp3) is 0.938. The van der Waals surface area contributed by atoms with E-state index in [1.807, 2.05) is 27.7 Å². The number of hydrogen-bond donors (Lipinski definition) is 4. The van der Waals surface area contributed by atoms with Gasteiger partial charge in [-0.3, -0.25) is 0 Å². The molecule has 6 heteroatoms. The van der Waals surface area contributed by atoms with Crippen LogP contribution in [0.4, 0.5) is 4.79 Å². The van der Waals surface area contributed by atoms with E-state index in [-0.39, 0.29) is 25.2 Å². The molecule has 1 fully saturated rings. The van der Waals surface area contributed by atoms with Gasteiger partial charge in [-0.2, -0.15) is 0 Å². The average Bonchev–Trinajstić information content (AvgIpc) is 2.88. The molecule has 0 radical (unpaired) electrons. The average molecular weight is 316 g/mol. The molecule has 22 heavy (non-hydrogen) atoms. The van der Waals surface area contributed by atoms with Gasteiger partial charge in [0, 0.05) is 12.6 Å². The van der Waals surface area contributed by atoms with Crippen LogP contribution in [0.1, 0.15) is 53.4 Å². The van der Waals surface area contributed by atoms with Crippen molar-refractivity contribution in [1.29, 1.82) is 0 Å². The normalized spacial score (nSPS) is 22.6. The maximum atomic E-state index is 11.7. The van der Waals surface area contributed by atoms with E-state index in [2.05, 4.69) is 10.6 Å². The number of ether oxygens (including phenoxy) is 1. The third-order valence-corrected chi connectivity index (χ3v) is 4.34. The number of amides is 1. The van der Waals surface area contributed by atoms with Crippen LogP contribution in [-0.2, 0) is 4.74 Å². The molecular weight excluding hydrogens is 284 g/mol. The van der Waals surface area contributed by atoms with Crippen molar-refractivity contribution < 1.29 is 19.7 Å². The highest BCUT2D eigenvalue weighted by Gasteiger charge is 2.35. The second-order valence-corrected chi connectivity index (χ2v) is 7.27. The smallest absolute Gasteiger partial charge is 0.407 e. The Balaban J connectivity index is 2.51. The molecule has 2 atom stereocenters. The Hall–Kier alpha value is -0.850. The highest BCUT2D eigenvalue weighted by atomic mass is 16.6. The van der Waals surface area contributed by atoms with Gasteiger partial charge in [-0.1, -0.05) is 13.3 Å². The summed E-state index contributed by atoms with van der Waals surface area (Å²) in [5.74, 6) is 0.288. The van der Waals surface area contributed by atoms with E-state index in [1.165, 1.54) is 0 Å². The van der Waals surface area contributed by atoms with Crippen LogP contribution in [0, 0.1) is 5.92 Å². The van der Waals surface area contributed by atoms with Crippen LogP contribution in [0.3, 0.4) is 0 Å². The van der Waals surface area contributed by atoms with Crippen LogP contribution < -0.4 is 10.6 Å². The topological polar surface area (TPSA) is 90.8 Å². The molecule has 0 bridgehead atoms. The third kappa shape index (κ3) is 5.74. The van der Waals surface area contributed by atoms with Crippen molar-refractivity contribution >= 4 is 6.09 Å². The summed E-state index contributed by atoms with van der Waals surface area (Å²) < 4.78 is 5.25. The van der Waals surface area contributed by atoms with Gasteiger partial charge in [0.1, 0.15) is 5.60 Å². The number of aliphatic hydroxyl groups excluding tert-OH is 2. The Morgan fingerprint density at radius 3 is 2.36 bits per heavy atom. The van der Waals surface area contributed by atoms with Gasteiger partial charge in [0.2, 0.25) is 0 Å². The van der Waals surface area contributed by atoms with E-state index >= 15 is 0 Å². The first-order valence-corrected chi connectivity index (χ1v) is 8.21. The zero-order valence-corrected chi connectivity index (χ0v) is 14.3. The van der Waals surface area contributed by atoms with Crippen molar-refractivity contribution in [2.45, 2.75) is 70.6 Å². The van der Waals surface area contributed by atoms with Crippen LogP contribution >= 0.6 is 0 Å². The van der Waals surface area contributed by atoms with E-state index < -0.39 is 17.2 Å². The maximum absolute atomic E-state index is 11.7. The molecule has 1 rings (SSSR count). The lowest BCUT2D eigenvalue weighted by Crippen LogP contribution is -2.57. The Morgan fingerprint density at radius 1 is 1.23 bits per heavy atom. The zero-order chi connectivity index (χ0) is 16.8. The van der Waals surface area contributed by atoms with Crippen LogP contribution in [0.25, 0.3) is 0 Å². The largest absolute Gasteiger partial charge is 0.444 e. The fourth-order valence-corrected chi connectivity index (χ4v) is 2.86. The lowest BCUT2D eigenvalue weighted by atomic mass is 9.94. The fourth-order valence-electron chi connectivity index (χ4n) is 2.86. The second kappa shape index (κ2) is 8.13. The van der Waals surface area contributed by atoms with Crippen LogP contribution in [0.15, 0.2) is 0 Å². The summed E-state index contributed by atoms with van der Waals surface area (Å²) >= 11 is 0. The Labute approximate surface area is 133 Å². The summed E-state index contributed by atoms with van der Waals surface area (Å²) in [7, 11) is 0. The van der Waals surface area contributed by atoms with E-state index in [9.17, 15) is 15.0 Å². The monoisotopic (exact) mass is 316 g/mol. The highest BCUT2D eigenvalue weighted by molar-refractivity contribution is 5.67. The summed E-state index contributed by atoms with van der Waals surface area (Å²) in [5.41, 5.74) is -1.14. The van der Waals surface area contributed by atoms with Crippen molar-refractivity contribution in [3.63, 3.8) is 0 Å². The van der Waals surface area contributed by atoms with E-state index in [0.717, 1.165) is 19.3 Å². The van der Waals surface area contributed by atoms with E-state index in [1.54, 1.807) is 0 Å². The molecule has 0 spiro atoms. The molecule has 0 aromatic carbocycles. The SMILES string of the molecule is CCC(CO)(CO)NC1CCCC1CNC(=O)OC(C)(C)C. The van der Waals surface area contributed by atoms with Gasteiger partial charge in [-0.25, -0.2) is 4.79 Å². The first-order valence-electron chi connectivity index (χ1n) is 8.21. The number of alkyl carbamates (subject to hydrolysis) is 1. The predicted molar refractivity (Wildman–Crippen MR) is 85.7 cm³/mol. The van der Waals surface area contributed by atoms with E-state index in [4.69, 9.17) is 4.74 Å². The van der Waals surface area contributed by atoms with Gasteiger partial charge in [0.15, 0.2) is 0 Å². The molecule has 0 aromatic heterocycles. The first-order chi connectivity index (χ1) is 10.2. The quantitative estimate of drug-likeness (QED) is 0.570. The molecular formula is C16H32N2O4. The van der Waals surface area contributed by atoms with Gasteiger partial charge < -0.3 is 25.6 Å². The molecule has 6 nitrogen and oxygen atoms in total. The van der Waals surface area contributed by atoms with Gasteiger partial charge in [-0.05, 0) is 46.0 Å². The van der Waals surface area contributed by atoms with Gasteiger partial charge in [-0.15, -0.1) is 0 Å². The molecule has 1 saturated carbocycles. The molecule has 4 N–H and O–H groups in total. The van der Waals surface area contributed by atoms with Gasteiger partial charge in [0.25, 0.3) is 0 Å². The van der Waals surface area contributed by atoms with Crippen LogP contribution in [-0.4, -0.2) is 53.2 Å². The second-order valence-electron chi connectivity index (χ2n) is 7.27. The molecule has 0 aliphatic heterocycles. The minimum atomic E-state index is -0.640. The molecule has 1 aliphatic carbocycles. The number of carbonyl (C=O) groups is 1. The predicted octanol–water partition coefficient (Wildman–Crippen LogP) is 1.40. The molecule has 2 unspecified atom stereocenters. The summed E-state index contributed by atoms with van der Waals surface area (Å²) in [6.45, 7) is 7.82. The first kappa shape index (κ1) is 19.2. The number of rotatable bonds is 7. The van der Waals surface area contributed by atoms with Crippen LogP contribution in [0.5, 0.6) is 0 Å². The number of nitrogens with one attached hydrogen (secondary N) is 2. The minimum Gasteiger partial charge on any atom is -0.444 e.